The van der Waals surface area contributed by atoms with Gasteiger partial charge < -0.3 is 9.80 Å². The predicted octanol–water partition coefficient (Wildman–Crippen LogP) is 1.31. The van der Waals surface area contributed by atoms with E-state index >= 15 is 0 Å². The van der Waals surface area contributed by atoms with Crippen LogP contribution in [0.3, 0.4) is 0 Å². The van der Waals surface area contributed by atoms with Crippen molar-refractivity contribution in [1.29, 1.82) is 0 Å². The Kier molecular flexibility index (Phi) is 5.53. The topological polar surface area (TPSA) is 106 Å². The van der Waals surface area contributed by atoms with E-state index in [9.17, 15) is 24.5 Å². The zero-order valence-electron chi connectivity index (χ0n) is 15.4. The third kappa shape index (κ3) is 4.25. The van der Waals surface area contributed by atoms with Gasteiger partial charge in [0.1, 0.15) is 6.54 Å². The summed E-state index contributed by atoms with van der Waals surface area (Å²) in [4.78, 5) is 49.7. The lowest BCUT2D eigenvalue weighted by Crippen LogP contribution is -2.50. The average Bonchev–Trinajstić information content (AvgIpc) is 2.69. The number of anilines is 1. The summed E-state index contributed by atoms with van der Waals surface area (Å²) < 4.78 is 1.06. The molecule has 1 aromatic heterocycles. The Labute approximate surface area is 160 Å². The van der Waals surface area contributed by atoms with Crippen LogP contribution in [-0.2, 0) is 11.3 Å². The minimum atomic E-state index is -0.601. The molecule has 0 aliphatic carbocycles. The highest BCUT2D eigenvalue weighted by molar-refractivity contribution is 5.94. The zero-order valence-corrected chi connectivity index (χ0v) is 15.4. The third-order valence-corrected chi connectivity index (χ3v) is 4.76. The second-order valence-electron chi connectivity index (χ2n) is 6.58. The molecule has 0 spiro atoms. The molecule has 0 bridgehead atoms. The van der Waals surface area contributed by atoms with E-state index in [1.54, 1.807) is 17.0 Å². The fraction of sp³-hybridized carbons (Fsp3) is 0.316. The minimum absolute atomic E-state index is 0.0124. The summed E-state index contributed by atoms with van der Waals surface area (Å²) in [6.07, 6.45) is 1.09. The molecule has 9 heteroatoms. The highest BCUT2D eigenvalue weighted by Gasteiger charge is 2.22. The molecule has 146 valence electrons. The van der Waals surface area contributed by atoms with Crippen molar-refractivity contribution in [2.75, 3.05) is 31.1 Å². The van der Waals surface area contributed by atoms with Crippen LogP contribution < -0.4 is 10.5 Å². The Morgan fingerprint density at radius 2 is 1.68 bits per heavy atom. The number of hydrogen-bond donors (Lipinski definition) is 0. The van der Waals surface area contributed by atoms with E-state index in [0.717, 1.165) is 28.6 Å². The second-order valence-corrected chi connectivity index (χ2v) is 6.58. The van der Waals surface area contributed by atoms with Gasteiger partial charge in [0, 0.05) is 49.6 Å². The highest BCUT2D eigenvalue weighted by atomic mass is 16.6. The Morgan fingerprint density at radius 3 is 2.25 bits per heavy atom. The first-order valence-electron chi connectivity index (χ1n) is 8.84. The highest BCUT2D eigenvalue weighted by Crippen LogP contribution is 2.18. The Hall–Kier alpha value is -3.49. The molecule has 1 aliphatic heterocycles. The largest absolute Gasteiger partial charge is 0.368 e. The number of carbonyl (C=O) groups excluding carboxylic acids is 2. The maximum atomic E-state index is 12.5. The fourth-order valence-corrected chi connectivity index (χ4v) is 3.12. The predicted molar refractivity (Wildman–Crippen MR) is 103 cm³/mol. The van der Waals surface area contributed by atoms with Gasteiger partial charge in [-0.3, -0.25) is 29.1 Å². The fourth-order valence-electron chi connectivity index (χ4n) is 3.12. The molecule has 3 rings (SSSR count). The number of piperazine rings is 1. The summed E-state index contributed by atoms with van der Waals surface area (Å²) in [6, 6.07) is 9.55. The van der Waals surface area contributed by atoms with Crippen molar-refractivity contribution in [2.24, 2.45) is 0 Å². The Morgan fingerprint density at radius 1 is 1.04 bits per heavy atom. The van der Waals surface area contributed by atoms with Crippen LogP contribution in [-0.4, -0.2) is 52.3 Å². The first kappa shape index (κ1) is 19.3. The lowest BCUT2D eigenvalue weighted by Gasteiger charge is -2.36. The van der Waals surface area contributed by atoms with Gasteiger partial charge in [-0.1, -0.05) is 0 Å². The number of ketones is 1. The molecule has 28 heavy (non-hydrogen) atoms. The molecular weight excluding hydrogens is 364 g/mol. The summed E-state index contributed by atoms with van der Waals surface area (Å²) in [6.45, 7) is 3.50. The van der Waals surface area contributed by atoms with E-state index in [1.165, 1.54) is 6.92 Å². The van der Waals surface area contributed by atoms with Gasteiger partial charge in [0.05, 0.1) is 11.1 Å². The number of aromatic nitrogens is 1. The van der Waals surface area contributed by atoms with Crippen molar-refractivity contribution in [2.45, 2.75) is 13.5 Å². The number of Topliss-reactive ketones (excluding diaryl/α,β-unsaturated/α-hetero) is 1. The Bertz CT molecular complexity index is 959. The summed E-state index contributed by atoms with van der Waals surface area (Å²) >= 11 is 0. The van der Waals surface area contributed by atoms with Crippen LogP contribution in [0.1, 0.15) is 17.3 Å². The summed E-state index contributed by atoms with van der Waals surface area (Å²) in [7, 11) is 0. The van der Waals surface area contributed by atoms with Crippen LogP contribution >= 0.6 is 0 Å². The van der Waals surface area contributed by atoms with E-state index < -0.39 is 10.5 Å². The zero-order chi connectivity index (χ0) is 20.3. The number of hydrogen-bond acceptors (Lipinski definition) is 6. The standard InChI is InChI=1S/C19H20N4O5/c1-14(24)15-2-4-16(5-3-15)20-8-10-21(11-9-20)19(26)13-22-12-17(23(27)28)6-7-18(22)25/h2-7,12H,8-11,13H2,1H3. The van der Waals surface area contributed by atoms with Crippen LogP contribution in [0.15, 0.2) is 47.4 Å². The molecule has 0 atom stereocenters. The molecule has 0 radical (unpaired) electrons. The number of amides is 1. The molecule has 2 heterocycles. The van der Waals surface area contributed by atoms with Gasteiger partial charge in [-0.05, 0) is 31.2 Å². The monoisotopic (exact) mass is 384 g/mol. The molecule has 1 fully saturated rings. The number of nitrogens with zero attached hydrogens (tertiary/aromatic N) is 4. The van der Waals surface area contributed by atoms with Gasteiger partial charge in [-0.2, -0.15) is 0 Å². The van der Waals surface area contributed by atoms with Crippen molar-refractivity contribution in [3.8, 4) is 0 Å². The maximum absolute atomic E-state index is 12.5. The summed E-state index contributed by atoms with van der Waals surface area (Å²) in [5.74, 6) is -0.243. The van der Waals surface area contributed by atoms with Crippen molar-refractivity contribution in [3.05, 3.63) is 68.6 Å². The first-order chi connectivity index (χ1) is 13.3. The number of nitro groups is 1. The van der Waals surface area contributed by atoms with Crippen molar-refractivity contribution < 1.29 is 14.5 Å². The van der Waals surface area contributed by atoms with E-state index in [0.29, 0.717) is 31.7 Å². The average molecular weight is 384 g/mol. The maximum Gasteiger partial charge on any atom is 0.285 e. The van der Waals surface area contributed by atoms with Crippen LogP contribution in [0.5, 0.6) is 0 Å². The molecule has 0 unspecified atom stereocenters. The smallest absolute Gasteiger partial charge is 0.285 e. The van der Waals surface area contributed by atoms with Crippen molar-refractivity contribution in [1.82, 2.24) is 9.47 Å². The van der Waals surface area contributed by atoms with Gasteiger partial charge in [-0.25, -0.2) is 0 Å². The van der Waals surface area contributed by atoms with E-state index in [2.05, 4.69) is 4.90 Å². The SMILES string of the molecule is CC(=O)c1ccc(N2CCN(C(=O)Cn3cc([N+](=O)[O-])ccc3=O)CC2)cc1. The van der Waals surface area contributed by atoms with Crippen LogP contribution in [0, 0.1) is 10.1 Å². The number of benzene rings is 1. The van der Waals surface area contributed by atoms with Crippen LogP contribution in [0.25, 0.3) is 0 Å². The van der Waals surface area contributed by atoms with Gasteiger partial charge in [-0.15, -0.1) is 0 Å². The lowest BCUT2D eigenvalue weighted by atomic mass is 10.1. The van der Waals surface area contributed by atoms with Gasteiger partial charge >= 0.3 is 0 Å². The lowest BCUT2D eigenvalue weighted by molar-refractivity contribution is -0.385. The van der Waals surface area contributed by atoms with Crippen molar-refractivity contribution in [3.63, 3.8) is 0 Å². The minimum Gasteiger partial charge on any atom is -0.368 e. The quantitative estimate of drug-likeness (QED) is 0.437. The first-order valence-corrected chi connectivity index (χ1v) is 8.84. The molecule has 1 aromatic carbocycles. The second kappa shape index (κ2) is 8.03. The Balaban J connectivity index is 1.61. The van der Waals surface area contributed by atoms with Gasteiger partial charge in [0.25, 0.3) is 11.2 Å². The number of pyridine rings is 1. The molecule has 9 nitrogen and oxygen atoms in total. The van der Waals surface area contributed by atoms with Gasteiger partial charge in [0.2, 0.25) is 5.91 Å². The van der Waals surface area contributed by atoms with E-state index in [-0.39, 0.29) is 23.9 Å². The summed E-state index contributed by atoms with van der Waals surface area (Å²) in [5.41, 5.74) is 0.946. The molecule has 1 amide bonds. The summed E-state index contributed by atoms with van der Waals surface area (Å²) in [5, 5.41) is 10.9. The number of rotatable bonds is 5. The molecule has 0 saturated carbocycles. The molecule has 1 saturated heterocycles. The van der Waals surface area contributed by atoms with E-state index in [1.807, 2.05) is 12.1 Å². The van der Waals surface area contributed by atoms with Crippen LogP contribution in [0.2, 0.25) is 0 Å². The molecular formula is C19H20N4O5. The van der Waals surface area contributed by atoms with Crippen LogP contribution in [0.4, 0.5) is 11.4 Å². The molecule has 1 aliphatic rings. The third-order valence-electron chi connectivity index (χ3n) is 4.76. The number of carbonyl (C=O) groups is 2. The normalized spacial score (nSPS) is 14.0. The van der Waals surface area contributed by atoms with Crippen molar-refractivity contribution >= 4 is 23.1 Å². The van der Waals surface area contributed by atoms with E-state index in [4.69, 9.17) is 0 Å². The molecule has 2 aromatic rings. The molecule has 0 N–H and O–H groups in total. The van der Waals surface area contributed by atoms with Gasteiger partial charge in [0.15, 0.2) is 5.78 Å².